The summed E-state index contributed by atoms with van der Waals surface area (Å²) in [6.45, 7) is 4.33. The minimum absolute atomic E-state index is 0.615. The van der Waals surface area contributed by atoms with Gasteiger partial charge < -0.3 is 19.7 Å². The first kappa shape index (κ1) is 15.9. The lowest BCUT2D eigenvalue weighted by atomic mass is 10.1. The van der Waals surface area contributed by atoms with Crippen molar-refractivity contribution >= 4 is 11.6 Å². The van der Waals surface area contributed by atoms with Gasteiger partial charge in [0.15, 0.2) is 11.5 Å². The second-order valence-corrected chi connectivity index (χ2v) is 6.66. The fraction of sp³-hybridized carbons (Fsp3) is 0.647. The van der Waals surface area contributed by atoms with Crippen molar-refractivity contribution in [2.24, 2.45) is 5.92 Å². The van der Waals surface area contributed by atoms with Gasteiger partial charge in [0.1, 0.15) is 0 Å². The van der Waals surface area contributed by atoms with Gasteiger partial charge in [0.05, 0.1) is 19.2 Å². The van der Waals surface area contributed by atoms with Crippen molar-refractivity contribution < 1.29 is 9.47 Å². The van der Waals surface area contributed by atoms with Crippen molar-refractivity contribution in [2.75, 3.05) is 33.9 Å². The summed E-state index contributed by atoms with van der Waals surface area (Å²) in [4.78, 5) is 2.65. The predicted molar refractivity (Wildman–Crippen MR) is 89.0 cm³/mol. The first-order chi connectivity index (χ1) is 10.7. The van der Waals surface area contributed by atoms with Crippen molar-refractivity contribution in [1.82, 2.24) is 10.2 Å². The van der Waals surface area contributed by atoms with Gasteiger partial charge >= 0.3 is 0 Å². The predicted octanol–water partition coefficient (Wildman–Crippen LogP) is 2.93. The topological polar surface area (TPSA) is 33.7 Å². The minimum atomic E-state index is 0.615. The summed E-state index contributed by atoms with van der Waals surface area (Å²) in [5.74, 6) is 2.05. The Hall–Kier alpha value is -0.970. The summed E-state index contributed by atoms with van der Waals surface area (Å²) in [6.07, 6.45) is 4.12. The number of halogens is 1. The van der Waals surface area contributed by atoms with Crippen LogP contribution in [0.1, 0.15) is 24.8 Å². The molecule has 1 aromatic carbocycles. The number of rotatable bonds is 7. The van der Waals surface area contributed by atoms with E-state index in [9.17, 15) is 0 Å². The number of nitrogens with one attached hydrogen (secondary N) is 1. The molecule has 22 heavy (non-hydrogen) atoms. The highest BCUT2D eigenvalue weighted by Gasteiger charge is 2.34. The Labute approximate surface area is 137 Å². The molecule has 1 heterocycles. The van der Waals surface area contributed by atoms with E-state index in [1.165, 1.54) is 32.4 Å². The Morgan fingerprint density at radius 3 is 2.73 bits per heavy atom. The van der Waals surface area contributed by atoms with E-state index in [-0.39, 0.29) is 0 Å². The van der Waals surface area contributed by atoms with Crippen LogP contribution in [0.2, 0.25) is 5.02 Å². The van der Waals surface area contributed by atoms with Crippen LogP contribution in [0, 0.1) is 5.92 Å². The van der Waals surface area contributed by atoms with Crippen LogP contribution in [-0.2, 0) is 6.54 Å². The zero-order valence-electron chi connectivity index (χ0n) is 13.4. The van der Waals surface area contributed by atoms with E-state index in [0.29, 0.717) is 16.5 Å². The molecule has 1 saturated heterocycles. The summed E-state index contributed by atoms with van der Waals surface area (Å²) in [6, 6.07) is 4.80. The molecule has 0 unspecified atom stereocenters. The molecule has 1 N–H and O–H groups in total. The smallest absolute Gasteiger partial charge is 0.179 e. The van der Waals surface area contributed by atoms with E-state index in [1.807, 2.05) is 12.1 Å². The number of methoxy groups -OCH3 is 2. The summed E-state index contributed by atoms with van der Waals surface area (Å²) >= 11 is 6.41. The average Bonchev–Trinajstić information content (AvgIpc) is 3.28. The van der Waals surface area contributed by atoms with Crippen molar-refractivity contribution in [1.29, 1.82) is 0 Å². The van der Waals surface area contributed by atoms with Gasteiger partial charge in [-0.25, -0.2) is 0 Å². The Kier molecular flexibility index (Phi) is 5.11. The molecule has 1 aliphatic carbocycles. The molecule has 122 valence electrons. The Balaban J connectivity index is 1.51. The molecule has 2 fully saturated rings. The van der Waals surface area contributed by atoms with Gasteiger partial charge in [-0.3, -0.25) is 0 Å². The Bertz CT molecular complexity index is 520. The van der Waals surface area contributed by atoms with Crippen LogP contribution in [0.3, 0.4) is 0 Å². The summed E-state index contributed by atoms with van der Waals surface area (Å²) < 4.78 is 10.6. The second-order valence-electron chi connectivity index (χ2n) is 6.29. The molecule has 1 aromatic rings. The number of ether oxygens (including phenoxy) is 2. The highest BCUT2D eigenvalue weighted by atomic mass is 35.5. The highest BCUT2D eigenvalue weighted by molar-refractivity contribution is 6.33. The molecule has 1 atom stereocenters. The molecule has 1 aliphatic heterocycles. The van der Waals surface area contributed by atoms with E-state index in [2.05, 4.69) is 10.2 Å². The van der Waals surface area contributed by atoms with Gasteiger partial charge in [-0.1, -0.05) is 17.7 Å². The molecule has 0 radical (unpaired) electrons. The molecule has 0 aromatic heterocycles. The van der Waals surface area contributed by atoms with Crippen LogP contribution in [0.25, 0.3) is 0 Å². The normalized spacial score (nSPS) is 22.0. The Morgan fingerprint density at radius 2 is 2.05 bits per heavy atom. The van der Waals surface area contributed by atoms with E-state index < -0.39 is 0 Å². The van der Waals surface area contributed by atoms with Crippen molar-refractivity contribution in [2.45, 2.75) is 31.8 Å². The van der Waals surface area contributed by atoms with Crippen LogP contribution in [-0.4, -0.2) is 44.8 Å². The van der Waals surface area contributed by atoms with E-state index in [1.54, 1.807) is 14.2 Å². The quantitative estimate of drug-likeness (QED) is 0.836. The van der Waals surface area contributed by atoms with Gasteiger partial charge in [0.2, 0.25) is 0 Å². The Morgan fingerprint density at radius 1 is 1.23 bits per heavy atom. The number of benzene rings is 1. The molecule has 3 rings (SSSR count). The monoisotopic (exact) mass is 324 g/mol. The summed E-state index contributed by atoms with van der Waals surface area (Å²) in [7, 11) is 3.24. The van der Waals surface area contributed by atoms with Gasteiger partial charge in [-0.2, -0.15) is 0 Å². The van der Waals surface area contributed by atoms with Crippen LogP contribution >= 0.6 is 11.6 Å². The molecule has 0 spiro atoms. The number of nitrogens with zero attached hydrogens (tertiary/aromatic N) is 1. The first-order valence-electron chi connectivity index (χ1n) is 8.07. The lowest BCUT2D eigenvalue weighted by Crippen LogP contribution is -2.27. The highest BCUT2D eigenvalue weighted by Crippen LogP contribution is 2.37. The fourth-order valence-electron chi connectivity index (χ4n) is 3.28. The largest absolute Gasteiger partial charge is 0.493 e. The van der Waals surface area contributed by atoms with E-state index >= 15 is 0 Å². The fourth-order valence-corrected chi connectivity index (χ4v) is 3.58. The van der Waals surface area contributed by atoms with E-state index in [4.69, 9.17) is 21.1 Å². The van der Waals surface area contributed by atoms with Crippen molar-refractivity contribution in [3.8, 4) is 11.5 Å². The van der Waals surface area contributed by atoms with Crippen LogP contribution < -0.4 is 14.8 Å². The number of likely N-dealkylation sites (tertiary alicyclic amines) is 1. The maximum Gasteiger partial charge on any atom is 0.179 e. The third-order valence-corrected chi connectivity index (χ3v) is 5.11. The average molecular weight is 325 g/mol. The second kappa shape index (κ2) is 7.07. The third-order valence-electron chi connectivity index (χ3n) is 4.69. The maximum atomic E-state index is 6.41. The number of hydrogen-bond donors (Lipinski definition) is 1. The van der Waals surface area contributed by atoms with Crippen LogP contribution in [0.15, 0.2) is 12.1 Å². The lowest BCUT2D eigenvalue weighted by molar-refractivity contribution is 0.312. The summed E-state index contributed by atoms with van der Waals surface area (Å²) in [5, 5.41) is 4.18. The third kappa shape index (κ3) is 3.50. The van der Waals surface area contributed by atoms with Crippen molar-refractivity contribution in [3.63, 3.8) is 0 Å². The van der Waals surface area contributed by atoms with Gasteiger partial charge in [-0.15, -0.1) is 0 Å². The molecule has 1 saturated carbocycles. The first-order valence-corrected chi connectivity index (χ1v) is 8.44. The van der Waals surface area contributed by atoms with Gasteiger partial charge in [0, 0.05) is 19.1 Å². The molecular weight excluding hydrogens is 300 g/mol. The van der Waals surface area contributed by atoms with Gasteiger partial charge in [-0.05, 0) is 49.9 Å². The minimum Gasteiger partial charge on any atom is -0.493 e. The SMILES string of the molecule is COc1ccc(CNC[C@H]2CCN(C3CC3)C2)c(Cl)c1OC. The van der Waals surface area contributed by atoms with Crippen LogP contribution in [0.4, 0.5) is 0 Å². The van der Waals surface area contributed by atoms with Crippen LogP contribution in [0.5, 0.6) is 11.5 Å². The zero-order chi connectivity index (χ0) is 15.5. The van der Waals surface area contributed by atoms with Crippen molar-refractivity contribution in [3.05, 3.63) is 22.7 Å². The molecule has 2 aliphatic rings. The summed E-state index contributed by atoms with van der Waals surface area (Å²) in [5.41, 5.74) is 1.05. The van der Waals surface area contributed by atoms with E-state index in [0.717, 1.165) is 30.6 Å². The molecule has 5 heteroatoms. The molecular formula is C17H25ClN2O2. The zero-order valence-corrected chi connectivity index (χ0v) is 14.2. The molecule has 0 bridgehead atoms. The number of hydrogen-bond acceptors (Lipinski definition) is 4. The maximum absolute atomic E-state index is 6.41. The molecule has 0 amide bonds. The molecule has 4 nitrogen and oxygen atoms in total. The lowest BCUT2D eigenvalue weighted by Gasteiger charge is -2.16. The standard InChI is InChI=1S/C17H25ClN2O2/c1-21-15-6-3-13(16(18)17(15)22-2)10-19-9-12-7-8-20(11-12)14-4-5-14/h3,6,12,14,19H,4-5,7-11H2,1-2H3/t12-/m1/s1. The van der Waals surface area contributed by atoms with Gasteiger partial charge in [0.25, 0.3) is 0 Å².